The van der Waals surface area contributed by atoms with Crippen LogP contribution in [0.1, 0.15) is 89.5 Å². The lowest BCUT2D eigenvalue weighted by atomic mass is 10.1. The SMILES string of the molecule is CCCCCCCCCCCCCCOc1ccc(CC(=O)NCCCl)cc1. The molecule has 0 saturated heterocycles. The molecule has 0 aliphatic heterocycles. The number of alkyl halides is 1. The van der Waals surface area contributed by atoms with E-state index >= 15 is 0 Å². The van der Waals surface area contributed by atoms with Crippen molar-refractivity contribution < 1.29 is 9.53 Å². The van der Waals surface area contributed by atoms with Gasteiger partial charge in [-0.25, -0.2) is 0 Å². The predicted molar refractivity (Wildman–Crippen MR) is 120 cm³/mol. The van der Waals surface area contributed by atoms with E-state index < -0.39 is 0 Å². The topological polar surface area (TPSA) is 38.3 Å². The third-order valence-electron chi connectivity index (χ3n) is 4.97. The highest BCUT2D eigenvalue weighted by atomic mass is 35.5. The Labute approximate surface area is 177 Å². The minimum absolute atomic E-state index is 0.00538. The molecule has 1 rings (SSSR count). The van der Waals surface area contributed by atoms with Gasteiger partial charge in [0, 0.05) is 12.4 Å². The molecule has 0 spiro atoms. The summed E-state index contributed by atoms with van der Waals surface area (Å²) in [5.74, 6) is 1.33. The molecule has 1 N–H and O–H groups in total. The van der Waals surface area contributed by atoms with Crippen molar-refractivity contribution in [3.8, 4) is 5.75 Å². The third kappa shape index (κ3) is 13.9. The lowest BCUT2D eigenvalue weighted by Gasteiger charge is -2.08. The summed E-state index contributed by atoms with van der Waals surface area (Å²) in [7, 11) is 0. The quantitative estimate of drug-likeness (QED) is 0.217. The van der Waals surface area contributed by atoms with Gasteiger partial charge in [0.25, 0.3) is 0 Å². The monoisotopic (exact) mass is 409 g/mol. The lowest BCUT2D eigenvalue weighted by molar-refractivity contribution is -0.120. The molecule has 0 heterocycles. The van der Waals surface area contributed by atoms with Crippen LogP contribution in [0.2, 0.25) is 0 Å². The van der Waals surface area contributed by atoms with E-state index in [0.29, 0.717) is 18.8 Å². The number of carbonyl (C=O) groups is 1. The van der Waals surface area contributed by atoms with Crippen molar-refractivity contribution in [1.29, 1.82) is 0 Å². The van der Waals surface area contributed by atoms with E-state index in [1.165, 1.54) is 70.6 Å². The number of amides is 1. The Morgan fingerprint density at radius 2 is 1.39 bits per heavy atom. The molecule has 1 amide bonds. The highest BCUT2D eigenvalue weighted by Crippen LogP contribution is 2.15. The van der Waals surface area contributed by atoms with Gasteiger partial charge in [-0.05, 0) is 24.1 Å². The molecule has 4 heteroatoms. The molecule has 3 nitrogen and oxygen atoms in total. The number of benzene rings is 1. The number of rotatable bonds is 18. The highest BCUT2D eigenvalue weighted by molar-refractivity contribution is 6.18. The number of nitrogens with one attached hydrogen (secondary N) is 1. The van der Waals surface area contributed by atoms with Crippen LogP contribution in [0, 0.1) is 0 Å². The van der Waals surface area contributed by atoms with Crippen LogP contribution >= 0.6 is 11.6 Å². The summed E-state index contributed by atoms with van der Waals surface area (Å²) >= 11 is 5.57. The van der Waals surface area contributed by atoms with Crippen LogP contribution < -0.4 is 10.1 Å². The van der Waals surface area contributed by atoms with Gasteiger partial charge in [-0.15, -0.1) is 11.6 Å². The van der Waals surface area contributed by atoms with E-state index in [4.69, 9.17) is 16.3 Å². The van der Waals surface area contributed by atoms with Crippen LogP contribution in [0.15, 0.2) is 24.3 Å². The zero-order chi connectivity index (χ0) is 20.3. The minimum Gasteiger partial charge on any atom is -0.494 e. The van der Waals surface area contributed by atoms with E-state index in [2.05, 4.69) is 12.2 Å². The average molecular weight is 410 g/mol. The molecule has 1 aromatic carbocycles. The van der Waals surface area contributed by atoms with Crippen molar-refractivity contribution in [2.45, 2.75) is 90.4 Å². The van der Waals surface area contributed by atoms with Crippen LogP contribution in [-0.4, -0.2) is 24.9 Å². The van der Waals surface area contributed by atoms with Gasteiger partial charge >= 0.3 is 0 Å². The zero-order valence-electron chi connectivity index (χ0n) is 17.8. The fourth-order valence-electron chi connectivity index (χ4n) is 3.27. The second-order valence-corrected chi connectivity index (χ2v) is 7.98. The molecule has 0 atom stereocenters. The third-order valence-corrected chi connectivity index (χ3v) is 5.16. The molecular weight excluding hydrogens is 370 g/mol. The van der Waals surface area contributed by atoms with E-state index in [0.717, 1.165) is 24.3 Å². The normalized spacial score (nSPS) is 10.8. The Hall–Kier alpha value is -1.22. The Bertz CT molecular complexity index is 490. The molecule has 28 heavy (non-hydrogen) atoms. The fraction of sp³-hybridized carbons (Fsp3) is 0.708. The van der Waals surface area contributed by atoms with Gasteiger partial charge in [-0.3, -0.25) is 4.79 Å². The van der Waals surface area contributed by atoms with Crippen LogP contribution in [0.3, 0.4) is 0 Å². The molecule has 0 bridgehead atoms. The van der Waals surface area contributed by atoms with Crippen molar-refractivity contribution >= 4 is 17.5 Å². The largest absolute Gasteiger partial charge is 0.494 e. The van der Waals surface area contributed by atoms with E-state index in [-0.39, 0.29) is 5.91 Å². The van der Waals surface area contributed by atoms with Crippen molar-refractivity contribution in [1.82, 2.24) is 5.32 Å². The van der Waals surface area contributed by atoms with E-state index in [1.54, 1.807) is 0 Å². The first-order chi connectivity index (χ1) is 13.8. The molecule has 0 fully saturated rings. The Kier molecular flexibility index (Phi) is 15.8. The smallest absolute Gasteiger partial charge is 0.224 e. The molecule has 1 aromatic rings. The van der Waals surface area contributed by atoms with Crippen molar-refractivity contribution in [3.05, 3.63) is 29.8 Å². The van der Waals surface area contributed by atoms with E-state index in [9.17, 15) is 4.79 Å². The first-order valence-corrected chi connectivity index (χ1v) is 11.8. The summed E-state index contributed by atoms with van der Waals surface area (Å²) < 4.78 is 5.80. The maximum absolute atomic E-state index is 11.7. The number of hydrogen-bond acceptors (Lipinski definition) is 2. The highest BCUT2D eigenvalue weighted by Gasteiger charge is 2.03. The van der Waals surface area contributed by atoms with Crippen LogP contribution in [0.5, 0.6) is 5.75 Å². The van der Waals surface area contributed by atoms with Gasteiger partial charge in [0.05, 0.1) is 13.0 Å². The minimum atomic E-state index is 0.00538. The maximum Gasteiger partial charge on any atom is 0.224 e. The number of ether oxygens (including phenoxy) is 1. The second kappa shape index (κ2) is 17.8. The Morgan fingerprint density at radius 3 is 1.93 bits per heavy atom. The van der Waals surface area contributed by atoms with Crippen molar-refractivity contribution in [2.75, 3.05) is 19.0 Å². The Balaban J connectivity index is 1.95. The van der Waals surface area contributed by atoms with Gasteiger partial charge in [0.15, 0.2) is 0 Å². The van der Waals surface area contributed by atoms with Crippen LogP contribution in [0.4, 0.5) is 0 Å². The Morgan fingerprint density at radius 1 is 0.857 bits per heavy atom. The van der Waals surface area contributed by atoms with Gasteiger partial charge < -0.3 is 10.1 Å². The lowest BCUT2D eigenvalue weighted by Crippen LogP contribution is -2.26. The van der Waals surface area contributed by atoms with Gasteiger partial charge in [0.2, 0.25) is 5.91 Å². The number of carbonyl (C=O) groups excluding carboxylic acids is 1. The standard InChI is InChI=1S/C24H40ClNO2/c1-2-3-4-5-6-7-8-9-10-11-12-13-20-28-23-16-14-22(15-17-23)21-24(27)26-19-18-25/h14-17H,2-13,18-21H2,1H3,(H,26,27). The molecule has 0 radical (unpaired) electrons. The van der Waals surface area contributed by atoms with E-state index in [1.807, 2.05) is 24.3 Å². The second-order valence-electron chi connectivity index (χ2n) is 7.60. The first kappa shape index (κ1) is 24.8. The number of unbranched alkanes of at least 4 members (excludes halogenated alkanes) is 11. The maximum atomic E-state index is 11.7. The predicted octanol–water partition coefficient (Wildman–Crippen LogP) is 6.66. The summed E-state index contributed by atoms with van der Waals surface area (Å²) in [6, 6.07) is 7.81. The van der Waals surface area contributed by atoms with Crippen molar-refractivity contribution in [2.24, 2.45) is 0 Å². The molecule has 0 aliphatic rings. The number of halogens is 1. The van der Waals surface area contributed by atoms with Crippen LogP contribution in [0.25, 0.3) is 0 Å². The summed E-state index contributed by atoms with van der Waals surface area (Å²) in [5.41, 5.74) is 0.991. The molecule has 160 valence electrons. The number of hydrogen-bond donors (Lipinski definition) is 1. The average Bonchev–Trinajstić information content (AvgIpc) is 2.71. The fourth-order valence-corrected chi connectivity index (χ4v) is 3.37. The van der Waals surface area contributed by atoms with Gasteiger partial charge in [0.1, 0.15) is 5.75 Å². The van der Waals surface area contributed by atoms with Gasteiger partial charge in [-0.2, -0.15) is 0 Å². The first-order valence-electron chi connectivity index (χ1n) is 11.3. The summed E-state index contributed by atoms with van der Waals surface area (Å²) in [4.78, 5) is 11.7. The molecule has 0 unspecified atom stereocenters. The molecule has 0 aliphatic carbocycles. The summed E-state index contributed by atoms with van der Waals surface area (Å²) in [5, 5.41) is 2.77. The summed E-state index contributed by atoms with van der Waals surface area (Å²) in [6.45, 7) is 3.56. The van der Waals surface area contributed by atoms with Gasteiger partial charge in [-0.1, -0.05) is 89.7 Å². The molecule has 0 saturated carbocycles. The molecular formula is C24H40ClNO2. The summed E-state index contributed by atoms with van der Waals surface area (Å²) in [6.07, 6.45) is 16.6. The molecule has 0 aromatic heterocycles. The zero-order valence-corrected chi connectivity index (χ0v) is 18.6. The van der Waals surface area contributed by atoms with Crippen molar-refractivity contribution in [3.63, 3.8) is 0 Å². The van der Waals surface area contributed by atoms with Crippen LogP contribution in [-0.2, 0) is 11.2 Å².